The van der Waals surface area contributed by atoms with E-state index in [0.29, 0.717) is 0 Å². The van der Waals surface area contributed by atoms with E-state index in [0.717, 1.165) is 6.42 Å². The molecule has 3 unspecified atom stereocenters. The molecule has 0 aliphatic rings. The molecule has 0 fully saturated rings. The van der Waals surface area contributed by atoms with Gasteiger partial charge in [0.1, 0.15) is 12.5 Å². The molecular weight excluding hydrogens is 142 g/mol. The highest BCUT2D eigenvalue weighted by atomic mass is 16.3. The fourth-order valence-corrected chi connectivity index (χ4v) is 1.26. The molecule has 0 aliphatic carbocycles. The molecule has 0 aromatic rings. The van der Waals surface area contributed by atoms with Gasteiger partial charge in [-0.25, -0.2) is 0 Å². The molecule has 0 bridgehead atoms. The minimum Gasteiger partial charge on any atom is -0.379 e. The molecule has 0 spiro atoms. The van der Waals surface area contributed by atoms with E-state index in [4.69, 9.17) is 0 Å². The zero-order valence-electron chi connectivity index (χ0n) is 7.78. The number of hydrogen-bond donors (Lipinski definition) is 2. The third kappa shape index (κ3) is 3.18. The summed E-state index contributed by atoms with van der Waals surface area (Å²) in [4.78, 5) is 1.67. The first-order valence-corrected chi connectivity index (χ1v) is 4.14. The lowest BCUT2D eigenvalue weighted by atomic mass is 10.2. The molecule has 3 heteroatoms. The van der Waals surface area contributed by atoms with Crippen molar-refractivity contribution in [2.45, 2.75) is 52.6 Å². The summed E-state index contributed by atoms with van der Waals surface area (Å²) in [5.74, 6) is 0. The van der Waals surface area contributed by atoms with Gasteiger partial charge in [0, 0.05) is 6.04 Å². The topological polar surface area (TPSA) is 43.7 Å². The Morgan fingerprint density at radius 3 is 1.55 bits per heavy atom. The van der Waals surface area contributed by atoms with Crippen LogP contribution >= 0.6 is 0 Å². The fraction of sp³-hybridized carbons (Fsp3) is 1.00. The summed E-state index contributed by atoms with van der Waals surface area (Å²) < 4.78 is 0. The van der Waals surface area contributed by atoms with Crippen LogP contribution in [-0.4, -0.2) is 33.6 Å². The first kappa shape index (κ1) is 10.9. The van der Waals surface area contributed by atoms with Gasteiger partial charge >= 0.3 is 0 Å². The first-order valence-electron chi connectivity index (χ1n) is 4.14. The number of rotatable bonds is 4. The second kappa shape index (κ2) is 4.70. The van der Waals surface area contributed by atoms with Gasteiger partial charge in [-0.15, -0.1) is 0 Å². The average Bonchev–Trinajstić information content (AvgIpc) is 1.85. The Labute approximate surface area is 68.6 Å². The Bertz CT molecular complexity index is 96.3. The normalized spacial score (nSPS) is 19.9. The van der Waals surface area contributed by atoms with E-state index >= 15 is 0 Å². The number of aliphatic hydroxyl groups is 2. The molecule has 2 N–H and O–H groups in total. The minimum atomic E-state index is -0.579. The molecule has 0 aliphatic heterocycles. The smallest absolute Gasteiger partial charge is 0.106 e. The maximum Gasteiger partial charge on any atom is 0.106 e. The highest BCUT2D eigenvalue weighted by Gasteiger charge is 2.20. The van der Waals surface area contributed by atoms with Gasteiger partial charge < -0.3 is 10.2 Å². The van der Waals surface area contributed by atoms with Crippen molar-refractivity contribution in [3.8, 4) is 0 Å². The van der Waals surface area contributed by atoms with Crippen molar-refractivity contribution >= 4 is 0 Å². The molecule has 3 nitrogen and oxygen atoms in total. The molecule has 0 saturated heterocycles. The largest absolute Gasteiger partial charge is 0.379 e. The van der Waals surface area contributed by atoms with Crippen molar-refractivity contribution in [3.63, 3.8) is 0 Å². The predicted molar refractivity (Wildman–Crippen MR) is 45.0 cm³/mol. The zero-order valence-corrected chi connectivity index (χ0v) is 7.78. The summed E-state index contributed by atoms with van der Waals surface area (Å²) in [5, 5.41) is 18.5. The lowest BCUT2D eigenvalue weighted by molar-refractivity contribution is -0.106. The van der Waals surface area contributed by atoms with Gasteiger partial charge in [0.15, 0.2) is 0 Å². The Morgan fingerprint density at radius 2 is 1.45 bits per heavy atom. The molecule has 3 atom stereocenters. The predicted octanol–water partition coefficient (Wildman–Crippen LogP) is 0.763. The van der Waals surface area contributed by atoms with Gasteiger partial charge in [0.25, 0.3) is 0 Å². The molecule has 0 saturated carbocycles. The highest BCUT2D eigenvalue weighted by Crippen LogP contribution is 2.09. The van der Waals surface area contributed by atoms with Crippen LogP contribution in [0.2, 0.25) is 0 Å². The molecule has 0 aromatic carbocycles. The van der Waals surface area contributed by atoms with Crippen molar-refractivity contribution in [2.75, 3.05) is 0 Å². The van der Waals surface area contributed by atoms with Crippen LogP contribution in [0.1, 0.15) is 34.1 Å². The SMILES string of the molecule is CCC(C)N(C(C)O)C(C)O. The Kier molecular flexibility index (Phi) is 4.65. The number of aliphatic hydroxyl groups excluding tert-OH is 2. The van der Waals surface area contributed by atoms with E-state index in [2.05, 4.69) is 0 Å². The van der Waals surface area contributed by atoms with Crippen LogP contribution in [0.5, 0.6) is 0 Å². The molecule has 0 rings (SSSR count). The van der Waals surface area contributed by atoms with Crippen molar-refractivity contribution in [3.05, 3.63) is 0 Å². The van der Waals surface area contributed by atoms with E-state index in [1.54, 1.807) is 18.7 Å². The Hall–Kier alpha value is -0.120. The van der Waals surface area contributed by atoms with Crippen LogP contribution in [-0.2, 0) is 0 Å². The minimum absolute atomic E-state index is 0.218. The van der Waals surface area contributed by atoms with Gasteiger partial charge in [-0.1, -0.05) is 6.92 Å². The average molecular weight is 161 g/mol. The maximum atomic E-state index is 9.25. The molecule has 11 heavy (non-hydrogen) atoms. The van der Waals surface area contributed by atoms with Gasteiger partial charge in [0.2, 0.25) is 0 Å². The van der Waals surface area contributed by atoms with Crippen LogP contribution < -0.4 is 0 Å². The highest BCUT2D eigenvalue weighted by molar-refractivity contribution is 4.66. The number of nitrogens with zero attached hydrogens (tertiary/aromatic N) is 1. The van der Waals surface area contributed by atoms with Gasteiger partial charge in [-0.3, -0.25) is 4.90 Å². The first-order chi connectivity index (χ1) is 5.00. The van der Waals surface area contributed by atoms with E-state index in [1.165, 1.54) is 0 Å². The Balaban J connectivity index is 4.09. The van der Waals surface area contributed by atoms with Crippen LogP contribution in [0.25, 0.3) is 0 Å². The third-order valence-corrected chi connectivity index (χ3v) is 1.96. The summed E-state index contributed by atoms with van der Waals surface area (Å²) in [6.45, 7) is 7.35. The molecule has 68 valence electrons. The monoisotopic (exact) mass is 161 g/mol. The summed E-state index contributed by atoms with van der Waals surface area (Å²) in [6, 6.07) is 0.218. The second-order valence-corrected chi connectivity index (χ2v) is 2.97. The molecular formula is C8H19NO2. The van der Waals surface area contributed by atoms with Gasteiger partial charge in [0.05, 0.1) is 0 Å². The summed E-state index contributed by atoms with van der Waals surface area (Å²) in [7, 11) is 0. The van der Waals surface area contributed by atoms with Crippen molar-refractivity contribution in [1.82, 2.24) is 4.90 Å². The second-order valence-electron chi connectivity index (χ2n) is 2.97. The van der Waals surface area contributed by atoms with Gasteiger partial charge in [-0.05, 0) is 27.2 Å². The maximum absolute atomic E-state index is 9.25. The summed E-state index contributed by atoms with van der Waals surface area (Å²) >= 11 is 0. The lowest BCUT2D eigenvalue weighted by Gasteiger charge is -2.33. The van der Waals surface area contributed by atoms with E-state index in [-0.39, 0.29) is 6.04 Å². The summed E-state index contributed by atoms with van der Waals surface area (Å²) in [6.07, 6.45) is -0.231. The van der Waals surface area contributed by atoms with Crippen molar-refractivity contribution in [2.24, 2.45) is 0 Å². The third-order valence-electron chi connectivity index (χ3n) is 1.96. The van der Waals surface area contributed by atoms with Gasteiger partial charge in [-0.2, -0.15) is 0 Å². The van der Waals surface area contributed by atoms with Crippen molar-refractivity contribution in [1.29, 1.82) is 0 Å². The van der Waals surface area contributed by atoms with E-state index in [9.17, 15) is 10.2 Å². The molecule has 0 amide bonds. The molecule has 0 aromatic heterocycles. The zero-order chi connectivity index (χ0) is 9.02. The fourth-order valence-electron chi connectivity index (χ4n) is 1.26. The van der Waals surface area contributed by atoms with Crippen LogP contribution in [0.4, 0.5) is 0 Å². The van der Waals surface area contributed by atoms with Crippen LogP contribution in [0.3, 0.4) is 0 Å². The van der Waals surface area contributed by atoms with E-state index < -0.39 is 12.5 Å². The quantitative estimate of drug-likeness (QED) is 0.598. The van der Waals surface area contributed by atoms with Crippen LogP contribution in [0, 0.1) is 0 Å². The number of hydrogen-bond acceptors (Lipinski definition) is 3. The molecule has 0 radical (unpaired) electrons. The van der Waals surface area contributed by atoms with E-state index in [1.807, 2.05) is 13.8 Å². The molecule has 0 heterocycles. The Morgan fingerprint density at radius 1 is 1.09 bits per heavy atom. The summed E-state index contributed by atoms with van der Waals surface area (Å²) in [5.41, 5.74) is 0. The van der Waals surface area contributed by atoms with Crippen LogP contribution in [0.15, 0.2) is 0 Å². The lowest BCUT2D eigenvalue weighted by Crippen LogP contribution is -2.45. The standard InChI is InChI=1S/C8H19NO2/c1-5-6(2)9(7(3)10)8(4)11/h6-8,10-11H,5H2,1-4H3. The van der Waals surface area contributed by atoms with Crippen molar-refractivity contribution < 1.29 is 10.2 Å².